The zero-order chi connectivity index (χ0) is 21.5. The number of nitrogens with one attached hydrogen (secondary N) is 2. The third-order valence-corrected chi connectivity index (χ3v) is 4.40. The average molecular weight is 418 g/mol. The van der Waals surface area contributed by atoms with Crippen LogP contribution in [0.25, 0.3) is 0 Å². The standard InChI is InChI=1S/C21H34F3N3O2/c1-4-25-20(26-11-5-6-13-29-15-14-28-3)27-12-10-17(2)18-8-7-9-19(16-18)21(22,23)24/h7-9,16-17H,4-6,10-15H2,1-3H3,(H2,25,26,27). The number of ether oxygens (including phenoxy) is 2. The summed E-state index contributed by atoms with van der Waals surface area (Å²) in [5.74, 6) is 0.737. The van der Waals surface area contributed by atoms with E-state index in [1.165, 1.54) is 12.1 Å². The van der Waals surface area contributed by atoms with E-state index in [-0.39, 0.29) is 5.92 Å². The predicted octanol–water partition coefficient (Wildman–Crippen LogP) is 4.20. The molecule has 1 atom stereocenters. The van der Waals surface area contributed by atoms with Crippen LogP contribution in [0, 0.1) is 0 Å². The lowest BCUT2D eigenvalue weighted by molar-refractivity contribution is -0.137. The van der Waals surface area contributed by atoms with Crippen LogP contribution in [0.2, 0.25) is 0 Å². The molecule has 2 N–H and O–H groups in total. The third kappa shape index (κ3) is 11.1. The predicted molar refractivity (Wildman–Crippen MR) is 110 cm³/mol. The number of alkyl halides is 3. The summed E-state index contributed by atoms with van der Waals surface area (Å²) in [4.78, 5) is 4.53. The summed E-state index contributed by atoms with van der Waals surface area (Å²) in [5, 5.41) is 6.44. The van der Waals surface area contributed by atoms with Crippen LogP contribution in [-0.2, 0) is 15.7 Å². The van der Waals surface area contributed by atoms with E-state index in [4.69, 9.17) is 9.47 Å². The molecule has 0 bridgehead atoms. The molecule has 0 aromatic heterocycles. The second-order valence-electron chi connectivity index (χ2n) is 6.81. The average Bonchev–Trinajstić information content (AvgIpc) is 2.69. The third-order valence-electron chi connectivity index (χ3n) is 4.40. The SMILES string of the molecule is CCNC(=NCCCCOCCOC)NCCC(C)c1cccc(C(F)(F)F)c1. The van der Waals surface area contributed by atoms with Gasteiger partial charge in [-0.1, -0.05) is 25.1 Å². The Morgan fingerprint density at radius 3 is 2.62 bits per heavy atom. The highest BCUT2D eigenvalue weighted by Gasteiger charge is 2.30. The second kappa shape index (κ2) is 14.2. The number of hydrogen-bond acceptors (Lipinski definition) is 3. The summed E-state index contributed by atoms with van der Waals surface area (Å²) in [6, 6.07) is 5.55. The molecule has 1 aromatic carbocycles. The van der Waals surface area contributed by atoms with Crippen LogP contribution in [0.15, 0.2) is 29.3 Å². The van der Waals surface area contributed by atoms with Crippen molar-refractivity contribution in [1.82, 2.24) is 10.6 Å². The first kappa shape index (κ1) is 25.2. The van der Waals surface area contributed by atoms with Gasteiger partial charge in [-0.2, -0.15) is 13.2 Å². The first-order chi connectivity index (χ1) is 13.9. The van der Waals surface area contributed by atoms with E-state index < -0.39 is 11.7 Å². The summed E-state index contributed by atoms with van der Waals surface area (Å²) in [6.07, 6.45) is -1.75. The Hall–Kier alpha value is -1.80. The Bertz CT molecular complexity index is 595. The fraction of sp³-hybridized carbons (Fsp3) is 0.667. The smallest absolute Gasteiger partial charge is 0.382 e. The fourth-order valence-electron chi connectivity index (χ4n) is 2.69. The van der Waals surface area contributed by atoms with Crippen LogP contribution in [0.3, 0.4) is 0 Å². The second-order valence-corrected chi connectivity index (χ2v) is 6.81. The first-order valence-corrected chi connectivity index (χ1v) is 10.1. The Morgan fingerprint density at radius 1 is 1.14 bits per heavy atom. The summed E-state index contributed by atoms with van der Waals surface area (Å²) in [7, 11) is 1.65. The van der Waals surface area contributed by atoms with Crippen molar-refractivity contribution in [3.05, 3.63) is 35.4 Å². The van der Waals surface area contributed by atoms with Crippen molar-refractivity contribution in [2.24, 2.45) is 4.99 Å². The van der Waals surface area contributed by atoms with Crippen molar-refractivity contribution >= 4 is 5.96 Å². The van der Waals surface area contributed by atoms with E-state index in [9.17, 15) is 13.2 Å². The maximum Gasteiger partial charge on any atom is 0.416 e. The largest absolute Gasteiger partial charge is 0.416 e. The monoisotopic (exact) mass is 417 g/mol. The summed E-state index contributed by atoms with van der Waals surface area (Å²) >= 11 is 0. The molecule has 166 valence electrons. The molecule has 1 aromatic rings. The van der Waals surface area contributed by atoms with Gasteiger partial charge >= 0.3 is 6.18 Å². The highest BCUT2D eigenvalue weighted by molar-refractivity contribution is 5.79. The lowest BCUT2D eigenvalue weighted by atomic mass is 9.96. The van der Waals surface area contributed by atoms with Crippen molar-refractivity contribution in [2.45, 2.75) is 45.2 Å². The highest BCUT2D eigenvalue weighted by Crippen LogP contribution is 2.31. The van der Waals surface area contributed by atoms with Gasteiger partial charge < -0.3 is 20.1 Å². The minimum Gasteiger partial charge on any atom is -0.382 e. The molecule has 0 radical (unpaired) electrons. The number of benzene rings is 1. The number of rotatable bonds is 13. The normalized spacial score (nSPS) is 13.4. The number of unbranched alkanes of at least 4 members (excludes halogenated alkanes) is 1. The Kier molecular flexibility index (Phi) is 12.4. The molecule has 0 aliphatic rings. The molecular weight excluding hydrogens is 383 g/mol. The van der Waals surface area contributed by atoms with Gasteiger partial charge in [-0.25, -0.2) is 0 Å². The molecule has 0 aliphatic heterocycles. The van der Waals surface area contributed by atoms with Gasteiger partial charge in [0.05, 0.1) is 18.8 Å². The van der Waals surface area contributed by atoms with Crippen LogP contribution in [0.5, 0.6) is 0 Å². The van der Waals surface area contributed by atoms with Gasteiger partial charge in [0.1, 0.15) is 0 Å². The van der Waals surface area contributed by atoms with Crippen LogP contribution >= 0.6 is 0 Å². The summed E-state index contributed by atoms with van der Waals surface area (Å²) < 4.78 is 49.0. The molecular formula is C21H34F3N3O2. The van der Waals surface area contributed by atoms with Gasteiger partial charge in [-0.05, 0) is 43.7 Å². The van der Waals surface area contributed by atoms with Gasteiger partial charge in [0.25, 0.3) is 0 Å². The van der Waals surface area contributed by atoms with Crippen LogP contribution in [-0.4, -0.2) is 52.5 Å². The number of methoxy groups -OCH3 is 1. The molecule has 0 saturated carbocycles. The highest BCUT2D eigenvalue weighted by atomic mass is 19.4. The van der Waals surface area contributed by atoms with Crippen molar-refractivity contribution in [1.29, 1.82) is 0 Å². The maximum atomic E-state index is 12.9. The summed E-state index contributed by atoms with van der Waals surface area (Å²) in [6.45, 7) is 7.89. The number of nitrogens with zero attached hydrogens (tertiary/aromatic N) is 1. The molecule has 29 heavy (non-hydrogen) atoms. The molecule has 1 unspecified atom stereocenters. The van der Waals surface area contributed by atoms with Crippen molar-refractivity contribution in [2.75, 3.05) is 46.6 Å². The van der Waals surface area contributed by atoms with Crippen LogP contribution in [0.1, 0.15) is 50.2 Å². The van der Waals surface area contributed by atoms with E-state index in [0.717, 1.165) is 31.4 Å². The molecule has 1 rings (SSSR count). The van der Waals surface area contributed by atoms with Gasteiger partial charge in [0.2, 0.25) is 0 Å². The topological polar surface area (TPSA) is 54.9 Å². The number of hydrogen-bond donors (Lipinski definition) is 2. The zero-order valence-electron chi connectivity index (χ0n) is 17.6. The Labute approximate surface area is 172 Å². The number of aliphatic imine (C=N–C) groups is 1. The van der Waals surface area contributed by atoms with Crippen LogP contribution in [0.4, 0.5) is 13.2 Å². The quantitative estimate of drug-likeness (QED) is 0.287. The van der Waals surface area contributed by atoms with Gasteiger partial charge in [-0.3, -0.25) is 4.99 Å². The number of halogens is 3. The molecule has 0 heterocycles. The van der Waals surface area contributed by atoms with Gasteiger partial charge in [0, 0.05) is 33.4 Å². The van der Waals surface area contributed by atoms with Crippen molar-refractivity contribution < 1.29 is 22.6 Å². The molecule has 0 spiro atoms. The molecule has 5 nitrogen and oxygen atoms in total. The van der Waals surface area contributed by atoms with Crippen LogP contribution < -0.4 is 10.6 Å². The van der Waals surface area contributed by atoms with Crippen molar-refractivity contribution in [3.8, 4) is 0 Å². The van der Waals surface area contributed by atoms with Gasteiger partial charge in [-0.15, -0.1) is 0 Å². The van der Waals surface area contributed by atoms with E-state index in [2.05, 4.69) is 15.6 Å². The lowest BCUT2D eigenvalue weighted by Crippen LogP contribution is -2.38. The zero-order valence-corrected chi connectivity index (χ0v) is 17.6. The molecule has 0 amide bonds. The lowest BCUT2D eigenvalue weighted by Gasteiger charge is -2.16. The summed E-state index contributed by atoms with van der Waals surface area (Å²) in [5.41, 5.74) is 0.0907. The molecule has 8 heteroatoms. The van der Waals surface area contributed by atoms with E-state index in [1.54, 1.807) is 13.2 Å². The Balaban J connectivity index is 2.38. The fourth-order valence-corrected chi connectivity index (χ4v) is 2.69. The first-order valence-electron chi connectivity index (χ1n) is 10.1. The number of guanidine groups is 1. The minimum absolute atomic E-state index is 0.0110. The van der Waals surface area contributed by atoms with E-state index in [0.29, 0.717) is 44.9 Å². The van der Waals surface area contributed by atoms with E-state index in [1.807, 2.05) is 13.8 Å². The van der Waals surface area contributed by atoms with E-state index >= 15 is 0 Å². The Morgan fingerprint density at radius 2 is 1.93 bits per heavy atom. The minimum atomic E-state index is -4.31. The molecule has 0 aliphatic carbocycles. The molecule has 0 fully saturated rings. The van der Waals surface area contributed by atoms with Gasteiger partial charge in [0.15, 0.2) is 5.96 Å². The maximum absolute atomic E-state index is 12.9. The van der Waals surface area contributed by atoms with Crippen molar-refractivity contribution in [3.63, 3.8) is 0 Å². The molecule has 0 saturated heterocycles.